The van der Waals surface area contributed by atoms with Crippen molar-refractivity contribution in [2.24, 2.45) is 0 Å². The molecule has 146 valence electrons. The van der Waals surface area contributed by atoms with Gasteiger partial charge in [0.2, 0.25) is 0 Å². The van der Waals surface area contributed by atoms with E-state index in [1.165, 1.54) is 0 Å². The maximum atomic E-state index is 9.82. The molecular formula is C16H22O10. The highest BCUT2D eigenvalue weighted by atomic mass is 16.5. The summed E-state index contributed by atoms with van der Waals surface area (Å²) in [4.78, 5) is 0. The van der Waals surface area contributed by atoms with Gasteiger partial charge in [-0.15, -0.1) is 0 Å². The summed E-state index contributed by atoms with van der Waals surface area (Å²) in [6.07, 6.45) is -13.7. The van der Waals surface area contributed by atoms with Gasteiger partial charge in [0.25, 0.3) is 0 Å². The largest absolute Gasteiger partial charge is 0.394 e. The smallest absolute Gasteiger partial charge is 0.148 e. The van der Waals surface area contributed by atoms with Crippen LogP contribution in [0.25, 0.3) is 0 Å². The Bertz CT molecular complexity index is 533. The second-order valence-electron chi connectivity index (χ2n) is 6.04. The van der Waals surface area contributed by atoms with Crippen molar-refractivity contribution in [2.75, 3.05) is 13.2 Å². The topological polar surface area (TPSA) is 180 Å². The van der Waals surface area contributed by atoms with Gasteiger partial charge in [-0.1, -0.05) is 11.8 Å². The molecule has 0 aromatic heterocycles. The minimum Gasteiger partial charge on any atom is -0.394 e. The number of hydrogen-bond donors (Lipinski definition) is 8. The summed E-state index contributed by atoms with van der Waals surface area (Å²) in [5.41, 5.74) is 0. The number of aliphatic hydroxyl groups is 8. The average Bonchev–Trinajstić information content (AvgIpc) is 2.64. The molecule has 0 amide bonds. The third kappa shape index (κ3) is 4.34. The van der Waals surface area contributed by atoms with E-state index in [0.717, 1.165) is 0 Å². The molecule has 2 fully saturated rings. The second-order valence-corrected chi connectivity index (χ2v) is 6.04. The van der Waals surface area contributed by atoms with E-state index in [0.29, 0.717) is 0 Å². The predicted molar refractivity (Wildman–Crippen MR) is 83.1 cm³/mol. The fraction of sp³-hybridized carbons (Fsp3) is 0.750. The lowest BCUT2D eigenvalue weighted by molar-refractivity contribution is -0.214. The minimum absolute atomic E-state index is 0.584. The second kappa shape index (κ2) is 9.08. The molecule has 0 radical (unpaired) electrons. The zero-order valence-corrected chi connectivity index (χ0v) is 13.6. The van der Waals surface area contributed by atoms with Gasteiger partial charge in [-0.3, -0.25) is 0 Å². The van der Waals surface area contributed by atoms with Crippen LogP contribution in [0.2, 0.25) is 0 Å². The van der Waals surface area contributed by atoms with Gasteiger partial charge < -0.3 is 50.3 Å². The molecule has 0 unspecified atom stereocenters. The van der Waals surface area contributed by atoms with Crippen molar-refractivity contribution in [3.05, 3.63) is 0 Å². The molecule has 2 aliphatic heterocycles. The summed E-state index contributed by atoms with van der Waals surface area (Å²) in [5.74, 6) is 9.47. The maximum absolute atomic E-state index is 9.82. The van der Waals surface area contributed by atoms with Gasteiger partial charge in [0.1, 0.15) is 61.0 Å². The maximum Gasteiger partial charge on any atom is 0.148 e. The Balaban J connectivity index is 2.05. The third-order valence-electron chi connectivity index (χ3n) is 4.28. The lowest BCUT2D eigenvalue weighted by Gasteiger charge is -2.38. The van der Waals surface area contributed by atoms with Gasteiger partial charge >= 0.3 is 0 Å². The molecule has 2 rings (SSSR count). The first-order valence-corrected chi connectivity index (χ1v) is 7.93. The van der Waals surface area contributed by atoms with Crippen molar-refractivity contribution in [3.8, 4) is 23.7 Å². The lowest BCUT2D eigenvalue weighted by atomic mass is 9.95. The number of ether oxygens (including phenoxy) is 2. The monoisotopic (exact) mass is 374 g/mol. The van der Waals surface area contributed by atoms with Crippen LogP contribution in [-0.2, 0) is 9.47 Å². The molecule has 10 atom stereocenters. The van der Waals surface area contributed by atoms with Crippen molar-refractivity contribution < 1.29 is 50.3 Å². The van der Waals surface area contributed by atoms with Crippen molar-refractivity contribution >= 4 is 0 Å². The minimum atomic E-state index is -1.56. The molecule has 0 aromatic carbocycles. The van der Waals surface area contributed by atoms with Crippen molar-refractivity contribution in [1.82, 2.24) is 0 Å². The highest BCUT2D eigenvalue weighted by molar-refractivity contribution is 5.30. The van der Waals surface area contributed by atoms with Crippen LogP contribution in [0.3, 0.4) is 0 Å². The fourth-order valence-electron chi connectivity index (χ4n) is 2.66. The summed E-state index contributed by atoms with van der Waals surface area (Å²) in [6, 6.07) is 0. The number of aliphatic hydroxyl groups excluding tert-OH is 8. The molecule has 0 saturated carbocycles. The summed E-state index contributed by atoms with van der Waals surface area (Å²) in [6.45, 7) is -1.17. The van der Waals surface area contributed by atoms with Crippen LogP contribution in [-0.4, -0.2) is 115 Å². The molecule has 10 heteroatoms. The summed E-state index contributed by atoms with van der Waals surface area (Å²) in [7, 11) is 0. The molecule has 2 heterocycles. The van der Waals surface area contributed by atoms with Crippen LogP contribution in [0.5, 0.6) is 0 Å². The van der Waals surface area contributed by atoms with Crippen molar-refractivity contribution in [2.45, 2.75) is 61.0 Å². The van der Waals surface area contributed by atoms with Crippen molar-refractivity contribution in [3.63, 3.8) is 0 Å². The van der Waals surface area contributed by atoms with E-state index < -0.39 is 74.3 Å². The van der Waals surface area contributed by atoms with Gasteiger partial charge in [0.15, 0.2) is 0 Å². The van der Waals surface area contributed by atoms with Gasteiger partial charge in [-0.25, -0.2) is 0 Å². The van der Waals surface area contributed by atoms with Crippen LogP contribution in [0.4, 0.5) is 0 Å². The van der Waals surface area contributed by atoms with E-state index in [2.05, 4.69) is 23.7 Å². The highest BCUT2D eigenvalue weighted by Gasteiger charge is 2.43. The summed E-state index contributed by atoms with van der Waals surface area (Å²) < 4.78 is 10.3. The molecule has 2 aliphatic rings. The van der Waals surface area contributed by atoms with Crippen molar-refractivity contribution in [1.29, 1.82) is 0 Å². The molecule has 0 spiro atoms. The Morgan fingerprint density at radius 2 is 0.885 bits per heavy atom. The Morgan fingerprint density at radius 1 is 0.538 bits per heavy atom. The van der Waals surface area contributed by atoms with E-state index in [4.69, 9.17) is 19.7 Å². The SMILES string of the molecule is OC[C@H]1O[C@H](C#CC#C[C@H]2O[C@H](CO)[C@@H](O)[C@H](O)[C@@H]2O)[C@@H](O)[C@@H](O)[C@@H]1O. The van der Waals surface area contributed by atoms with Crippen LogP contribution in [0.1, 0.15) is 0 Å². The molecule has 10 nitrogen and oxygen atoms in total. The zero-order valence-electron chi connectivity index (χ0n) is 13.6. The van der Waals surface area contributed by atoms with E-state index in [-0.39, 0.29) is 0 Å². The molecule has 0 aromatic rings. The zero-order chi connectivity index (χ0) is 19.4. The highest BCUT2D eigenvalue weighted by Crippen LogP contribution is 2.21. The number of rotatable bonds is 2. The molecule has 2 saturated heterocycles. The molecular weight excluding hydrogens is 352 g/mol. The normalized spacial score (nSPS) is 45.8. The Kier molecular flexibility index (Phi) is 7.34. The molecule has 0 bridgehead atoms. The third-order valence-corrected chi connectivity index (χ3v) is 4.28. The average molecular weight is 374 g/mol. The Labute approximate surface area is 149 Å². The van der Waals surface area contributed by atoms with Crippen LogP contribution in [0.15, 0.2) is 0 Å². The fourth-order valence-corrected chi connectivity index (χ4v) is 2.66. The summed E-state index contributed by atoms with van der Waals surface area (Å²) in [5, 5.41) is 76.4. The Hall–Kier alpha value is -1.28. The first-order valence-electron chi connectivity index (χ1n) is 7.93. The van der Waals surface area contributed by atoms with Crippen LogP contribution >= 0.6 is 0 Å². The van der Waals surface area contributed by atoms with E-state index in [1.54, 1.807) is 0 Å². The van der Waals surface area contributed by atoms with Gasteiger partial charge in [-0.05, 0) is 11.8 Å². The van der Waals surface area contributed by atoms with Gasteiger partial charge in [0.05, 0.1) is 13.2 Å². The van der Waals surface area contributed by atoms with Crippen LogP contribution < -0.4 is 0 Å². The summed E-state index contributed by atoms with van der Waals surface area (Å²) >= 11 is 0. The Morgan fingerprint density at radius 3 is 1.19 bits per heavy atom. The lowest BCUT2D eigenvalue weighted by Crippen LogP contribution is -2.58. The predicted octanol–water partition coefficient (Wildman–Crippen LogP) is -5.32. The molecule has 8 N–H and O–H groups in total. The van der Waals surface area contributed by atoms with Gasteiger partial charge in [-0.2, -0.15) is 0 Å². The number of hydrogen-bond acceptors (Lipinski definition) is 10. The van der Waals surface area contributed by atoms with E-state index in [9.17, 15) is 30.6 Å². The van der Waals surface area contributed by atoms with Crippen LogP contribution in [0, 0.1) is 23.7 Å². The van der Waals surface area contributed by atoms with Gasteiger partial charge in [0, 0.05) is 0 Å². The van der Waals surface area contributed by atoms with E-state index >= 15 is 0 Å². The quantitative estimate of drug-likeness (QED) is 0.217. The first kappa shape index (κ1) is 21.0. The van der Waals surface area contributed by atoms with E-state index in [1.807, 2.05) is 0 Å². The molecule has 26 heavy (non-hydrogen) atoms. The first-order chi connectivity index (χ1) is 12.3. The standard InChI is InChI=1S/C16H22O10/c17-5-9-13(21)15(23)11(19)7(25-9)3-1-2-4-8-12(20)16(24)14(22)10(6-18)26-8/h7-24H,5-6H2/t7-,8-,9-,10-,11-,12-,13-,14-,15-,16-/m1/s1. The molecule has 0 aliphatic carbocycles.